The number of benzene rings is 1. The van der Waals surface area contributed by atoms with E-state index < -0.39 is 11.8 Å². The van der Waals surface area contributed by atoms with E-state index in [1.807, 2.05) is 0 Å². The van der Waals surface area contributed by atoms with Gasteiger partial charge in [-0.3, -0.25) is 29.0 Å². The van der Waals surface area contributed by atoms with Crippen LogP contribution in [0.4, 0.5) is 5.69 Å². The van der Waals surface area contributed by atoms with Crippen molar-refractivity contribution < 1.29 is 24.3 Å². The number of carbonyl (C=O) groups is 4. The van der Waals surface area contributed by atoms with Crippen LogP contribution < -0.4 is 5.32 Å². The Morgan fingerprint density at radius 2 is 1.76 bits per heavy atom. The van der Waals surface area contributed by atoms with Crippen LogP contribution in [0, 0.1) is 0 Å². The number of anilines is 1. The second-order valence-corrected chi connectivity index (χ2v) is 6.17. The second-order valence-electron chi connectivity index (χ2n) is 6.17. The average Bonchev–Trinajstić information content (AvgIpc) is 3.34. The van der Waals surface area contributed by atoms with Crippen molar-refractivity contribution in [1.29, 1.82) is 0 Å². The van der Waals surface area contributed by atoms with Gasteiger partial charge in [-0.05, 0) is 31.0 Å². The lowest BCUT2D eigenvalue weighted by Gasteiger charge is -2.13. The Hall–Kier alpha value is -3.00. The lowest BCUT2D eigenvalue weighted by atomic mass is 10.1. The Bertz CT molecular complexity index is 856. The van der Waals surface area contributed by atoms with E-state index in [0.29, 0.717) is 16.8 Å². The molecule has 1 aromatic rings. The van der Waals surface area contributed by atoms with Crippen LogP contribution in [0.5, 0.6) is 0 Å². The SMILES string of the molecule is O=C1C=C(Nc2ccc3c(c2)C(=O)N(C2CC2)C3=O)C(=O)N1CCO. The largest absolute Gasteiger partial charge is 0.395 e. The zero-order valence-electron chi connectivity index (χ0n) is 13.2. The number of aliphatic hydroxyl groups excluding tert-OH is 1. The first kappa shape index (κ1) is 15.5. The first-order valence-corrected chi connectivity index (χ1v) is 7.98. The normalized spacial score (nSPS) is 19.6. The van der Waals surface area contributed by atoms with Gasteiger partial charge in [0.2, 0.25) is 0 Å². The van der Waals surface area contributed by atoms with Gasteiger partial charge < -0.3 is 10.4 Å². The summed E-state index contributed by atoms with van der Waals surface area (Å²) in [5.41, 5.74) is 1.16. The Morgan fingerprint density at radius 1 is 1.04 bits per heavy atom. The van der Waals surface area contributed by atoms with Crippen molar-refractivity contribution >= 4 is 29.3 Å². The molecule has 128 valence electrons. The molecule has 1 aromatic carbocycles. The van der Waals surface area contributed by atoms with Crippen molar-refractivity contribution in [1.82, 2.24) is 9.80 Å². The van der Waals surface area contributed by atoms with Crippen LogP contribution in [0.3, 0.4) is 0 Å². The molecule has 1 aliphatic carbocycles. The smallest absolute Gasteiger partial charge is 0.277 e. The van der Waals surface area contributed by atoms with Gasteiger partial charge in [0.25, 0.3) is 23.6 Å². The van der Waals surface area contributed by atoms with Crippen LogP contribution in [0.2, 0.25) is 0 Å². The predicted octanol–water partition coefficient (Wildman–Crippen LogP) is 0.102. The summed E-state index contributed by atoms with van der Waals surface area (Å²) in [5.74, 6) is -1.65. The molecular weight excluding hydrogens is 326 g/mol. The second kappa shape index (κ2) is 5.52. The highest BCUT2D eigenvalue weighted by Crippen LogP contribution is 2.35. The minimum atomic E-state index is -0.540. The van der Waals surface area contributed by atoms with Gasteiger partial charge in [0.1, 0.15) is 5.70 Å². The molecule has 0 aromatic heterocycles. The molecule has 0 saturated heterocycles. The van der Waals surface area contributed by atoms with Crippen LogP contribution in [-0.2, 0) is 9.59 Å². The molecule has 8 nitrogen and oxygen atoms in total. The van der Waals surface area contributed by atoms with Gasteiger partial charge in [-0.2, -0.15) is 0 Å². The van der Waals surface area contributed by atoms with E-state index in [9.17, 15) is 19.2 Å². The molecule has 3 aliphatic rings. The molecule has 0 atom stereocenters. The van der Waals surface area contributed by atoms with E-state index in [-0.39, 0.29) is 36.7 Å². The van der Waals surface area contributed by atoms with Gasteiger partial charge in [-0.25, -0.2) is 0 Å². The highest BCUT2D eigenvalue weighted by atomic mass is 16.3. The Kier molecular flexibility index (Phi) is 3.43. The van der Waals surface area contributed by atoms with E-state index in [4.69, 9.17) is 5.11 Å². The molecule has 8 heteroatoms. The molecule has 2 aliphatic heterocycles. The summed E-state index contributed by atoms with van der Waals surface area (Å²) in [6.07, 6.45) is 2.82. The molecule has 1 saturated carbocycles. The fraction of sp³-hybridized carbons (Fsp3) is 0.294. The number of hydrogen-bond donors (Lipinski definition) is 2. The quantitative estimate of drug-likeness (QED) is 0.736. The summed E-state index contributed by atoms with van der Waals surface area (Å²) in [6.45, 7) is -0.391. The Balaban J connectivity index is 1.57. The van der Waals surface area contributed by atoms with Crippen molar-refractivity contribution in [2.45, 2.75) is 18.9 Å². The lowest BCUT2D eigenvalue weighted by molar-refractivity contribution is -0.137. The van der Waals surface area contributed by atoms with Crippen molar-refractivity contribution in [3.63, 3.8) is 0 Å². The van der Waals surface area contributed by atoms with Crippen LogP contribution >= 0.6 is 0 Å². The number of hydrogen-bond acceptors (Lipinski definition) is 6. The molecule has 0 spiro atoms. The maximum absolute atomic E-state index is 12.4. The molecule has 0 bridgehead atoms. The number of amides is 4. The van der Waals surface area contributed by atoms with Crippen molar-refractivity contribution in [3.05, 3.63) is 41.1 Å². The topological polar surface area (TPSA) is 107 Å². The van der Waals surface area contributed by atoms with Gasteiger partial charge >= 0.3 is 0 Å². The summed E-state index contributed by atoms with van der Waals surface area (Å²) in [5, 5.41) is 11.7. The number of carbonyl (C=O) groups excluding carboxylic acids is 4. The fourth-order valence-electron chi connectivity index (χ4n) is 3.07. The van der Waals surface area contributed by atoms with Gasteiger partial charge in [0.05, 0.1) is 24.3 Å². The van der Waals surface area contributed by atoms with Crippen LogP contribution in [0.25, 0.3) is 0 Å². The minimum absolute atomic E-state index is 0.00686. The number of β-amino-alcohol motifs (C(OH)–C–C–N with tert-alkyl or cyclic N) is 1. The van der Waals surface area contributed by atoms with Crippen molar-refractivity contribution in [3.8, 4) is 0 Å². The van der Waals surface area contributed by atoms with E-state index in [0.717, 1.165) is 23.8 Å². The average molecular weight is 341 g/mol. The zero-order valence-corrected chi connectivity index (χ0v) is 13.2. The number of fused-ring (bicyclic) bond motifs is 1. The molecule has 1 fully saturated rings. The van der Waals surface area contributed by atoms with Crippen LogP contribution in [0.1, 0.15) is 33.6 Å². The number of aliphatic hydroxyl groups is 1. The minimum Gasteiger partial charge on any atom is -0.395 e. The van der Waals surface area contributed by atoms with Gasteiger partial charge in [-0.15, -0.1) is 0 Å². The van der Waals surface area contributed by atoms with E-state index >= 15 is 0 Å². The zero-order chi connectivity index (χ0) is 17.7. The molecule has 0 radical (unpaired) electrons. The Morgan fingerprint density at radius 3 is 2.44 bits per heavy atom. The maximum atomic E-state index is 12.4. The van der Waals surface area contributed by atoms with Crippen molar-refractivity contribution in [2.75, 3.05) is 18.5 Å². The number of imide groups is 2. The fourth-order valence-corrected chi connectivity index (χ4v) is 3.07. The first-order chi connectivity index (χ1) is 12.0. The van der Waals surface area contributed by atoms with Crippen LogP contribution in [-0.4, -0.2) is 57.7 Å². The molecule has 4 rings (SSSR count). The summed E-state index contributed by atoms with van der Waals surface area (Å²) >= 11 is 0. The molecule has 2 heterocycles. The number of rotatable bonds is 5. The molecule has 2 N–H and O–H groups in total. The standard InChI is InChI=1S/C17H15N3O5/c21-6-5-19-14(22)8-13(17(19)25)18-9-1-4-11-12(7-9)16(24)20(15(11)23)10-2-3-10/h1,4,7-8,10,18,21H,2-3,5-6H2. The Labute approximate surface area is 142 Å². The van der Waals surface area contributed by atoms with E-state index in [1.54, 1.807) is 12.1 Å². The van der Waals surface area contributed by atoms with Crippen LogP contribution in [0.15, 0.2) is 30.0 Å². The molecule has 0 unspecified atom stereocenters. The summed E-state index contributed by atoms with van der Waals surface area (Å²) < 4.78 is 0. The summed E-state index contributed by atoms with van der Waals surface area (Å²) in [4.78, 5) is 50.9. The van der Waals surface area contributed by atoms with Crippen molar-refractivity contribution in [2.24, 2.45) is 0 Å². The highest BCUT2D eigenvalue weighted by molar-refractivity contribution is 6.22. The van der Waals surface area contributed by atoms with Gasteiger partial charge in [0.15, 0.2) is 0 Å². The third-order valence-corrected chi connectivity index (χ3v) is 4.44. The molecular formula is C17H15N3O5. The highest BCUT2D eigenvalue weighted by Gasteiger charge is 2.44. The first-order valence-electron chi connectivity index (χ1n) is 7.98. The molecule has 4 amide bonds. The van der Waals surface area contributed by atoms with Gasteiger partial charge in [-0.1, -0.05) is 0 Å². The monoisotopic (exact) mass is 341 g/mol. The summed E-state index contributed by atoms with van der Waals surface area (Å²) in [7, 11) is 0. The summed E-state index contributed by atoms with van der Waals surface area (Å²) in [6, 6.07) is 4.65. The predicted molar refractivity (Wildman–Crippen MR) is 85.5 cm³/mol. The number of nitrogens with zero attached hydrogens (tertiary/aromatic N) is 2. The lowest BCUT2D eigenvalue weighted by Crippen LogP contribution is -2.34. The van der Waals surface area contributed by atoms with Gasteiger partial charge in [0, 0.05) is 17.8 Å². The number of nitrogens with one attached hydrogen (secondary N) is 1. The maximum Gasteiger partial charge on any atom is 0.277 e. The van der Waals surface area contributed by atoms with E-state index in [2.05, 4.69) is 5.32 Å². The van der Waals surface area contributed by atoms with E-state index in [1.165, 1.54) is 11.0 Å². The third kappa shape index (κ3) is 2.42. The molecule has 25 heavy (non-hydrogen) atoms. The third-order valence-electron chi connectivity index (χ3n) is 4.44.